The quantitative estimate of drug-likeness (QED) is 0.907. The first-order valence-corrected chi connectivity index (χ1v) is 9.50. The summed E-state index contributed by atoms with van der Waals surface area (Å²) in [5.74, 6) is 0.930. The van der Waals surface area contributed by atoms with Crippen molar-refractivity contribution in [2.75, 3.05) is 25.1 Å². The summed E-state index contributed by atoms with van der Waals surface area (Å²) in [6, 6.07) is 15.7. The van der Waals surface area contributed by atoms with E-state index in [4.69, 9.17) is 9.47 Å². The van der Waals surface area contributed by atoms with Gasteiger partial charge in [0.05, 0.1) is 11.7 Å². The zero-order valence-electron chi connectivity index (χ0n) is 15.1. The third-order valence-corrected chi connectivity index (χ3v) is 5.45. The molecule has 138 valence electrons. The van der Waals surface area contributed by atoms with Crippen molar-refractivity contribution in [2.45, 2.75) is 25.1 Å². The summed E-state index contributed by atoms with van der Waals surface area (Å²) in [7, 11) is 0. The fraction of sp³-hybridized carbons (Fsp3) is 0.318. The average molecular weight is 362 g/mol. The van der Waals surface area contributed by atoms with Gasteiger partial charge in [0, 0.05) is 30.0 Å². The van der Waals surface area contributed by atoms with Crippen LogP contribution in [0, 0.1) is 0 Å². The van der Waals surface area contributed by atoms with Crippen molar-refractivity contribution < 1.29 is 14.3 Å². The van der Waals surface area contributed by atoms with Crippen LogP contribution in [0.2, 0.25) is 0 Å². The molecule has 0 saturated carbocycles. The minimum Gasteiger partial charge on any atom is -0.488 e. The van der Waals surface area contributed by atoms with Gasteiger partial charge in [-0.25, -0.2) is 0 Å². The highest BCUT2D eigenvalue weighted by atomic mass is 16.5. The molecule has 3 aliphatic rings. The Morgan fingerprint density at radius 3 is 2.85 bits per heavy atom. The maximum Gasteiger partial charge on any atom is 0.257 e. The van der Waals surface area contributed by atoms with Crippen molar-refractivity contribution in [1.29, 1.82) is 0 Å². The minimum atomic E-state index is -0.232. The number of carbonyl (C=O) groups is 1. The normalized spacial score (nSPS) is 23.8. The van der Waals surface area contributed by atoms with Crippen LogP contribution in [0.25, 0.3) is 6.08 Å². The van der Waals surface area contributed by atoms with Crippen LogP contribution in [0.15, 0.2) is 54.1 Å². The predicted octanol–water partition coefficient (Wildman–Crippen LogP) is 3.54. The van der Waals surface area contributed by atoms with Crippen molar-refractivity contribution in [3.05, 3.63) is 65.2 Å². The van der Waals surface area contributed by atoms with Crippen LogP contribution >= 0.6 is 0 Å². The molecule has 1 fully saturated rings. The SMILES string of the molecule is O=C1c2ccccc2N[C@@H](C2=Cc3ccccc3OC2)N1C[C@H]1CCCO1. The Hall–Kier alpha value is -2.79. The molecule has 0 bridgehead atoms. The smallest absolute Gasteiger partial charge is 0.257 e. The van der Waals surface area contributed by atoms with Crippen LogP contribution in [0.1, 0.15) is 28.8 Å². The van der Waals surface area contributed by atoms with Crippen LogP contribution in [-0.2, 0) is 4.74 Å². The van der Waals surface area contributed by atoms with E-state index in [0.29, 0.717) is 18.7 Å². The van der Waals surface area contributed by atoms with Gasteiger partial charge in [0.2, 0.25) is 0 Å². The number of hydrogen-bond acceptors (Lipinski definition) is 4. The van der Waals surface area contributed by atoms with E-state index in [1.165, 1.54) is 0 Å². The molecule has 2 aromatic carbocycles. The lowest BCUT2D eigenvalue weighted by atomic mass is 10.00. The Morgan fingerprint density at radius 2 is 1.96 bits per heavy atom. The standard InChI is InChI=1S/C22H22N2O3/c25-22-18-8-2-3-9-19(18)23-21(24(22)13-17-7-5-11-26-17)16-12-15-6-1-4-10-20(15)27-14-16/h1-4,6,8-10,12,17,21,23H,5,7,11,13-14H2/t17-,21-/m1/s1. The number of rotatable bonds is 3. The summed E-state index contributed by atoms with van der Waals surface area (Å²) < 4.78 is 11.8. The number of carbonyl (C=O) groups excluding carboxylic acids is 1. The Bertz CT molecular complexity index is 902. The molecule has 0 unspecified atom stereocenters. The van der Waals surface area contributed by atoms with Gasteiger partial charge in [-0.1, -0.05) is 30.3 Å². The van der Waals surface area contributed by atoms with Crippen molar-refractivity contribution >= 4 is 17.7 Å². The number of ether oxygens (including phenoxy) is 2. The first-order valence-electron chi connectivity index (χ1n) is 9.50. The van der Waals surface area contributed by atoms with Gasteiger partial charge >= 0.3 is 0 Å². The van der Waals surface area contributed by atoms with Crippen LogP contribution in [0.5, 0.6) is 5.75 Å². The van der Waals surface area contributed by atoms with Gasteiger partial charge in [-0.2, -0.15) is 0 Å². The highest BCUT2D eigenvalue weighted by Crippen LogP contribution is 2.33. The molecule has 2 atom stereocenters. The number of amides is 1. The molecule has 0 radical (unpaired) electrons. The topological polar surface area (TPSA) is 50.8 Å². The summed E-state index contributed by atoms with van der Waals surface area (Å²) in [4.78, 5) is 15.2. The van der Waals surface area contributed by atoms with E-state index in [0.717, 1.165) is 42.0 Å². The summed E-state index contributed by atoms with van der Waals surface area (Å²) >= 11 is 0. The monoisotopic (exact) mass is 362 g/mol. The molecule has 0 spiro atoms. The van der Waals surface area contributed by atoms with Crippen LogP contribution in [-0.4, -0.2) is 42.8 Å². The molecule has 5 rings (SSSR count). The zero-order valence-corrected chi connectivity index (χ0v) is 15.1. The van der Waals surface area contributed by atoms with Crippen LogP contribution in [0.3, 0.4) is 0 Å². The van der Waals surface area contributed by atoms with Gasteiger partial charge in [-0.05, 0) is 37.1 Å². The summed E-state index contributed by atoms with van der Waals surface area (Å²) in [6.45, 7) is 1.83. The van der Waals surface area contributed by atoms with E-state index in [-0.39, 0.29) is 18.2 Å². The largest absolute Gasteiger partial charge is 0.488 e. The molecule has 5 heteroatoms. The number of nitrogens with one attached hydrogen (secondary N) is 1. The zero-order chi connectivity index (χ0) is 18.2. The van der Waals surface area contributed by atoms with E-state index in [2.05, 4.69) is 11.4 Å². The number of para-hydroxylation sites is 2. The third-order valence-electron chi connectivity index (χ3n) is 5.45. The number of fused-ring (bicyclic) bond motifs is 2. The van der Waals surface area contributed by atoms with Crippen LogP contribution < -0.4 is 10.1 Å². The Kier molecular flexibility index (Phi) is 4.09. The lowest BCUT2D eigenvalue weighted by molar-refractivity contribution is 0.0456. The predicted molar refractivity (Wildman–Crippen MR) is 104 cm³/mol. The van der Waals surface area contributed by atoms with Crippen LogP contribution in [0.4, 0.5) is 5.69 Å². The molecule has 1 amide bonds. The molecular weight excluding hydrogens is 340 g/mol. The molecule has 0 aliphatic carbocycles. The van der Waals surface area contributed by atoms with Gasteiger partial charge in [0.1, 0.15) is 18.5 Å². The lowest BCUT2D eigenvalue weighted by Gasteiger charge is -2.40. The molecule has 1 N–H and O–H groups in total. The maximum atomic E-state index is 13.3. The Morgan fingerprint density at radius 1 is 1.11 bits per heavy atom. The number of benzene rings is 2. The highest BCUT2D eigenvalue weighted by molar-refractivity contribution is 6.02. The van der Waals surface area contributed by atoms with Gasteiger partial charge in [-0.15, -0.1) is 0 Å². The molecule has 27 heavy (non-hydrogen) atoms. The third kappa shape index (κ3) is 2.98. The maximum absolute atomic E-state index is 13.3. The van der Waals surface area contributed by atoms with E-state index in [1.807, 2.05) is 53.4 Å². The molecule has 3 aliphatic heterocycles. The van der Waals surface area contributed by atoms with Crippen molar-refractivity contribution in [2.24, 2.45) is 0 Å². The van der Waals surface area contributed by atoms with E-state index < -0.39 is 0 Å². The molecule has 3 heterocycles. The molecule has 5 nitrogen and oxygen atoms in total. The second kappa shape index (κ2) is 6.74. The Labute approximate surface area is 158 Å². The van der Waals surface area contributed by atoms with E-state index in [1.54, 1.807) is 0 Å². The average Bonchev–Trinajstić information content (AvgIpc) is 3.23. The fourth-order valence-electron chi connectivity index (χ4n) is 4.07. The van der Waals surface area contributed by atoms with Gasteiger partial charge in [0.25, 0.3) is 5.91 Å². The lowest BCUT2D eigenvalue weighted by Crippen LogP contribution is -2.53. The van der Waals surface area contributed by atoms with Gasteiger partial charge in [-0.3, -0.25) is 4.79 Å². The summed E-state index contributed by atoms with van der Waals surface area (Å²) in [5, 5.41) is 3.55. The Balaban J connectivity index is 1.52. The first-order chi connectivity index (χ1) is 13.3. The van der Waals surface area contributed by atoms with Crippen molar-refractivity contribution in [1.82, 2.24) is 4.90 Å². The highest BCUT2D eigenvalue weighted by Gasteiger charge is 2.37. The molecule has 2 aromatic rings. The second-order valence-electron chi connectivity index (χ2n) is 7.23. The van der Waals surface area contributed by atoms with E-state index in [9.17, 15) is 4.79 Å². The van der Waals surface area contributed by atoms with Crippen molar-refractivity contribution in [3.63, 3.8) is 0 Å². The van der Waals surface area contributed by atoms with Crippen molar-refractivity contribution in [3.8, 4) is 5.75 Å². The number of hydrogen-bond donors (Lipinski definition) is 1. The first kappa shape index (κ1) is 16.4. The second-order valence-corrected chi connectivity index (χ2v) is 7.23. The minimum absolute atomic E-state index is 0.0459. The number of nitrogens with zero attached hydrogens (tertiary/aromatic N) is 1. The van der Waals surface area contributed by atoms with Gasteiger partial charge < -0.3 is 19.7 Å². The van der Waals surface area contributed by atoms with E-state index >= 15 is 0 Å². The number of anilines is 1. The molecule has 0 aromatic heterocycles. The molecule has 1 saturated heterocycles. The summed E-state index contributed by atoms with van der Waals surface area (Å²) in [5.41, 5.74) is 3.68. The summed E-state index contributed by atoms with van der Waals surface area (Å²) in [6.07, 6.45) is 4.06. The van der Waals surface area contributed by atoms with Gasteiger partial charge in [0.15, 0.2) is 0 Å². The fourth-order valence-corrected chi connectivity index (χ4v) is 4.07. The molecular formula is C22H22N2O3.